The number of nitro groups is 1. The van der Waals surface area contributed by atoms with Gasteiger partial charge in [-0.2, -0.15) is 0 Å². The largest absolute Gasteiger partial charge is 0.477 e. The molecular weight excluding hydrogens is 456 g/mol. The van der Waals surface area contributed by atoms with E-state index >= 15 is 0 Å². The molecule has 1 aromatic heterocycles. The highest BCUT2D eigenvalue weighted by atomic mass is 32.2. The fourth-order valence-electron chi connectivity index (χ4n) is 2.88. The molecule has 3 heterocycles. The van der Waals surface area contributed by atoms with E-state index in [-0.39, 0.29) is 25.2 Å². The summed E-state index contributed by atoms with van der Waals surface area (Å²) in [4.78, 5) is 47.3. The summed E-state index contributed by atoms with van der Waals surface area (Å²) in [5, 5.41) is 33.1. The number of hydrogen-bond donors (Lipinski definition) is 3. The molecule has 1 saturated heterocycles. The molecule has 162 valence electrons. The van der Waals surface area contributed by atoms with Gasteiger partial charge in [-0.15, -0.1) is 22.0 Å². The Hall–Kier alpha value is -2.39. The van der Waals surface area contributed by atoms with Crippen LogP contribution in [0.2, 0.25) is 0 Å². The third-order valence-electron chi connectivity index (χ3n) is 4.22. The molecule has 0 radical (unpaired) electrons. The van der Waals surface area contributed by atoms with Gasteiger partial charge in [-0.25, -0.2) is 9.59 Å². The van der Waals surface area contributed by atoms with Crippen LogP contribution in [-0.4, -0.2) is 79.0 Å². The maximum Gasteiger partial charge on any atom is 0.352 e. The molecule has 2 aliphatic rings. The van der Waals surface area contributed by atoms with Crippen LogP contribution in [0, 0.1) is 17.0 Å². The van der Waals surface area contributed by atoms with Gasteiger partial charge in [-0.1, -0.05) is 23.1 Å². The molecule has 2 aliphatic heterocycles. The Morgan fingerprint density at radius 3 is 2.83 bits per heavy atom. The van der Waals surface area contributed by atoms with Crippen LogP contribution in [0.3, 0.4) is 0 Å². The fraction of sp³-hybridized carbons (Fsp3) is 0.533. The number of thioether (sulfide) groups is 2. The van der Waals surface area contributed by atoms with Crippen molar-refractivity contribution in [1.29, 1.82) is 0 Å². The van der Waals surface area contributed by atoms with Gasteiger partial charge in [0.2, 0.25) is 6.54 Å². The average molecular weight is 475 g/mol. The first-order valence-corrected chi connectivity index (χ1v) is 11.6. The van der Waals surface area contributed by atoms with E-state index in [0.29, 0.717) is 17.1 Å². The van der Waals surface area contributed by atoms with Crippen LogP contribution in [0.5, 0.6) is 0 Å². The molecule has 0 aromatic carbocycles. The number of carbonyl (C=O) groups excluding carboxylic acids is 2. The average Bonchev–Trinajstić information content (AvgIpc) is 3.11. The minimum Gasteiger partial charge on any atom is -0.477 e. The van der Waals surface area contributed by atoms with Crippen molar-refractivity contribution >= 4 is 52.8 Å². The quantitative estimate of drug-likeness (QED) is 0.151. The zero-order valence-electron chi connectivity index (χ0n) is 15.7. The van der Waals surface area contributed by atoms with E-state index < -0.39 is 34.2 Å². The topological polar surface area (TPSA) is 168 Å². The highest BCUT2D eigenvalue weighted by molar-refractivity contribution is 8.01. The molecule has 1 unspecified atom stereocenters. The number of aryl methyl sites for hydroxylation is 1. The maximum atomic E-state index is 12.5. The van der Waals surface area contributed by atoms with Gasteiger partial charge in [-0.3, -0.25) is 19.8 Å². The third kappa shape index (κ3) is 5.02. The van der Waals surface area contributed by atoms with Crippen molar-refractivity contribution in [3.63, 3.8) is 0 Å². The van der Waals surface area contributed by atoms with Gasteiger partial charge in [-0.05, 0) is 12.5 Å². The van der Waals surface area contributed by atoms with E-state index in [1.165, 1.54) is 39.8 Å². The molecule has 1 fully saturated rings. The van der Waals surface area contributed by atoms with Crippen molar-refractivity contribution in [2.75, 3.05) is 24.6 Å². The van der Waals surface area contributed by atoms with E-state index in [4.69, 9.17) is 0 Å². The van der Waals surface area contributed by atoms with E-state index in [1.807, 2.05) is 6.92 Å². The molecule has 0 aliphatic carbocycles. The zero-order valence-corrected chi connectivity index (χ0v) is 18.1. The molecule has 3 amide bonds. The number of carboxylic acids is 1. The predicted octanol–water partition coefficient (Wildman–Crippen LogP) is 0.527. The molecule has 30 heavy (non-hydrogen) atoms. The number of β-lactam (4-membered cyclic amide) rings is 1. The molecule has 0 bridgehead atoms. The lowest BCUT2D eigenvalue weighted by Gasteiger charge is -2.49. The van der Waals surface area contributed by atoms with Crippen molar-refractivity contribution in [2.45, 2.75) is 29.1 Å². The summed E-state index contributed by atoms with van der Waals surface area (Å²) in [6, 6.07) is -1.47. The maximum absolute atomic E-state index is 12.5. The van der Waals surface area contributed by atoms with Crippen molar-refractivity contribution in [3.8, 4) is 0 Å². The molecular formula is C15H18N6O6S3. The van der Waals surface area contributed by atoms with Gasteiger partial charge in [0.1, 0.15) is 22.1 Å². The second-order valence-electron chi connectivity index (χ2n) is 6.33. The standard InChI is InChI=1S/C15H18N6O6S3/c1-7-18-19-15(30-7)29-6-8-5-28-12-9(11(22)21(12)10(8)13(23)24)17-14(25)16-3-2-4-20(26)27/h9,12H,2-6H2,1H3,(H,23,24)(H2,16,17,25)/t9?,12-/m0/s1. The molecule has 0 spiro atoms. The molecule has 3 rings (SSSR count). The summed E-state index contributed by atoms with van der Waals surface area (Å²) in [5.41, 5.74) is 0.555. The van der Waals surface area contributed by atoms with Crippen LogP contribution < -0.4 is 10.6 Å². The number of carbonyl (C=O) groups is 3. The number of nitrogens with zero attached hydrogens (tertiary/aromatic N) is 4. The van der Waals surface area contributed by atoms with Crippen LogP contribution in [0.25, 0.3) is 0 Å². The second-order valence-corrected chi connectivity index (χ2v) is 9.84. The molecule has 2 atom stereocenters. The van der Waals surface area contributed by atoms with Gasteiger partial charge in [0.25, 0.3) is 5.91 Å². The van der Waals surface area contributed by atoms with E-state index in [1.54, 1.807) is 0 Å². The molecule has 12 nitrogen and oxygen atoms in total. The van der Waals surface area contributed by atoms with Gasteiger partial charge >= 0.3 is 12.0 Å². The first-order valence-electron chi connectivity index (χ1n) is 8.77. The number of carboxylic acid groups (broad SMARTS) is 1. The SMILES string of the molecule is Cc1nnc(SCC2=C(C(=O)O)N3C(=O)C(NC(=O)NCCC[N+](=O)[O-])[C@@H]3SC2)s1. The van der Waals surface area contributed by atoms with Crippen molar-refractivity contribution in [3.05, 3.63) is 26.4 Å². The zero-order chi connectivity index (χ0) is 21.8. The number of fused-ring (bicyclic) bond motifs is 1. The number of amides is 3. The van der Waals surface area contributed by atoms with Gasteiger partial charge in [0.15, 0.2) is 4.34 Å². The lowest BCUT2D eigenvalue weighted by atomic mass is 10.0. The van der Waals surface area contributed by atoms with Crippen molar-refractivity contribution in [2.24, 2.45) is 0 Å². The second kappa shape index (κ2) is 9.61. The smallest absolute Gasteiger partial charge is 0.352 e. The number of aromatic nitrogens is 2. The van der Waals surface area contributed by atoms with Gasteiger partial charge in [0.05, 0.1) is 0 Å². The number of hydrogen-bond acceptors (Lipinski definition) is 10. The number of nitrogens with one attached hydrogen (secondary N) is 2. The monoisotopic (exact) mass is 474 g/mol. The summed E-state index contributed by atoms with van der Waals surface area (Å²) >= 11 is 4.15. The molecule has 3 N–H and O–H groups in total. The van der Waals surface area contributed by atoms with Crippen molar-refractivity contribution < 1.29 is 24.4 Å². The summed E-state index contributed by atoms with van der Waals surface area (Å²) < 4.78 is 0.722. The summed E-state index contributed by atoms with van der Waals surface area (Å²) in [6.45, 7) is 1.66. The Bertz CT molecular complexity index is 905. The molecule has 1 aromatic rings. The number of rotatable bonds is 9. The minimum atomic E-state index is -1.19. The van der Waals surface area contributed by atoms with Crippen LogP contribution in [0.1, 0.15) is 11.4 Å². The lowest BCUT2D eigenvalue weighted by Crippen LogP contribution is -2.71. The highest BCUT2D eigenvalue weighted by Gasteiger charge is 2.54. The highest BCUT2D eigenvalue weighted by Crippen LogP contribution is 2.41. The first-order chi connectivity index (χ1) is 14.3. The first kappa shape index (κ1) is 22.3. The van der Waals surface area contributed by atoms with E-state index in [2.05, 4.69) is 20.8 Å². The number of urea groups is 1. The van der Waals surface area contributed by atoms with Crippen molar-refractivity contribution in [1.82, 2.24) is 25.7 Å². The van der Waals surface area contributed by atoms with E-state index in [9.17, 15) is 29.6 Å². The van der Waals surface area contributed by atoms with Crippen LogP contribution in [-0.2, 0) is 9.59 Å². The Labute approximate surface area is 183 Å². The molecule has 0 saturated carbocycles. The fourth-order valence-corrected chi connectivity index (χ4v) is 6.18. The van der Waals surface area contributed by atoms with Gasteiger partial charge < -0.3 is 15.7 Å². The molecule has 15 heteroatoms. The lowest BCUT2D eigenvalue weighted by molar-refractivity contribution is -0.480. The van der Waals surface area contributed by atoms with E-state index in [0.717, 1.165) is 9.35 Å². The van der Waals surface area contributed by atoms with Crippen LogP contribution in [0.15, 0.2) is 15.6 Å². The Morgan fingerprint density at radius 1 is 1.43 bits per heavy atom. The third-order valence-corrected chi connectivity index (χ3v) is 7.61. The summed E-state index contributed by atoms with van der Waals surface area (Å²) in [6.07, 6.45) is 0.171. The summed E-state index contributed by atoms with van der Waals surface area (Å²) in [5.74, 6) is -0.919. The normalized spacial score (nSPS) is 20.4. The Kier molecular flexibility index (Phi) is 7.14. The number of aliphatic carboxylic acids is 1. The Balaban J connectivity index is 1.59. The van der Waals surface area contributed by atoms with Gasteiger partial charge in [0, 0.05) is 29.4 Å². The Morgan fingerprint density at radius 2 is 2.20 bits per heavy atom. The minimum absolute atomic E-state index is 0.0538. The summed E-state index contributed by atoms with van der Waals surface area (Å²) in [7, 11) is 0. The predicted molar refractivity (Wildman–Crippen MR) is 110 cm³/mol. The van der Waals surface area contributed by atoms with Crippen LogP contribution >= 0.6 is 34.9 Å². The van der Waals surface area contributed by atoms with Crippen LogP contribution in [0.4, 0.5) is 4.79 Å².